The molecule has 0 radical (unpaired) electrons. The normalized spacial score (nSPS) is 10.7. The molecule has 0 saturated heterocycles. The third kappa shape index (κ3) is 5.64. The zero-order valence-electron chi connectivity index (χ0n) is 14.7. The van der Waals surface area contributed by atoms with Crippen LogP contribution in [0.1, 0.15) is 18.1 Å². The summed E-state index contributed by atoms with van der Waals surface area (Å²) in [5.74, 6) is 1.29. The first-order valence-electron chi connectivity index (χ1n) is 8.02. The lowest BCUT2D eigenvalue weighted by molar-refractivity contribution is -0.125. The van der Waals surface area contributed by atoms with E-state index in [-0.39, 0.29) is 5.91 Å². The lowest BCUT2D eigenvalue weighted by Gasteiger charge is -2.15. The fraction of sp³-hybridized carbons (Fsp3) is 0.250. The Kier molecular flexibility index (Phi) is 7.07. The highest BCUT2D eigenvalue weighted by Gasteiger charge is 2.07. The van der Waals surface area contributed by atoms with Crippen LogP contribution in [0.2, 0.25) is 0 Å². The molecule has 0 aromatic heterocycles. The SMILES string of the molecule is CCOc1ccc(/C=C/C(=O)N(C)Cc2ccc(Br)cc2)cc1OC. The number of amides is 1. The maximum atomic E-state index is 12.3. The third-order valence-corrected chi connectivity index (χ3v) is 4.14. The van der Waals surface area contributed by atoms with E-state index in [0.29, 0.717) is 24.7 Å². The van der Waals surface area contributed by atoms with Gasteiger partial charge in [0, 0.05) is 24.1 Å². The first-order chi connectivity index (χ1) is 12.0. The zero-order chi connectivity index (χ0) is 18.2. The summed E-state index contributed by atoms with van der Waals surface area (Å²) in [6.07, 6.45) is 3.34. The number of hydrogen-bond acceptors (Lipinski definition) is 3. The summed E-state index contributed by atoms with van der Waals surface area (Å²) >= 11 is 3.41. The highest BCUT2D eigenvalue weighted by molar-refractivity contribution is 9.10. The molecule has 0 saturated carbocycles. The Labute approximate surface area is 157 Å². The van der Waals surface area contributed by atoms with E-state index in [9.17, 15) is 4.79 Å². The van der Waals surface area contributed by atoms with E-state index in [0.717, 1.165) is 15.6 Å². The molecule has 132 valence electrons. The molecule has 0 heterocycles. The fourth-order valence-corrected chi connectivity index (χ4v) is 2.56. The smallest absolute Gasteiger partial charge is 0.246 e. The van der Waals surface area contributed by atoms with Gasteiger partial charge in [-0.2, -0.15) is 0 Å². The summed E-state index contributed by atoms with van der Waals surface area (Å²) in [7, 11) is 3.38. The lowest BCUT2D eigenvalue weighted by Crippen LogP contribution is -2.24. The number of ether oxygens (including phenoxy) is 2. The second-order valence-electron chi connectivity index (χ2n) is 5.50. The van der Waals surface area contributed by atoms with Gasteiger partial charge in [0.1, 0.15) is 0 Å². The number of hydrogen-bond donors (Lipinski definition) is 0. The van der Waals surface area contributed by atoms with Gasteiger partial charge in [0.2, 0.25) is 5.91 Å². The van der Waals surface area contributed by atoms with Crippen LogP contribution < -0.4 is 9.47 Å². The molecular formula is C20H22BrNO3. The van der Waals surface area contributed by atoms with Crippen molar-refractivity contribution in [2.45, 2.75) is 13.5 Å². The van der Waals surface area contributed by atoms with Gasteiger partial charge >= 0.3 is 0 Å². The Morgan fingerprint density at radius 2 is 1.88 bits per heavy atom. The van der Waals surface area contributed by atoms with Crippen LogP contribution in [0, 0.1) is 0 Å². The highest BCUT2D eigenvalue weighted by atomic mass is 79.9. The molecule has 0 aliphatic carbocycles. The van der Waals surface area contributed by atoms with Crippen LogP contribution in [0.15, 0.2) is 53.0 Å². The topological polar surface area (TPSA) is 38.8 Å². The van der Waals surface area contributed by atoms with Gasteiger partial charge in [-0.3, -0.25) is 4.79 Å². The minimum Gasteiger partial charge on any atom is -0.493 e. The van der Waals surface area contributed by atoms with Crippen LogP contribution in [0.25, 0.3) is 6.08 Å². The average Bonchev–Trinajstić information content (AvgIpc) is 2.62. The second kappa shape index (κ2) is 9.28. The summed E-state index contributed by atoms with van der Waals surface area (Å²) < 4.78 is 11.8. The summed E-state index contributed by atoms with van der Waals surface area (Å²) in [5, 5.41) is 0. The van der Waals surface area contributed by atoms with Crippen molar-refractivity contribution < 1.29 is 14.3 Å². The molecule has 1 amide bonds. The van der Waals surface area contributed by atoms with Gasteiger partial charge in [0.05, 0.1) is 13.7 Å². The van der Waals surface area contributed by atoms with E-state index < -0.39 is 0 Å². The van der Waals surface area contributed by atoms with Gasteiger partial charge in [0.15, 0.2) is 11.5 Å². The molecule has 25 heavy (non-hydrogen) atoms. The number of nitrogens with zero attached hydrogens (tertiary/aromatic N) is 1. The average molecular weight is 404 g/mol. The van der Waals surface area contributed by atoms with Gasteiger partial charge in [-0.1, -0.05) is 34.1 Å². The Morgan fingerprint density at radius 3 is 2.52 bits per heavy atom. The quantitative estimate of drug-likeness (QED) is 0.637. The molecular weight excluding hydrogens is 382 g/mol. The first-order valence-corrected chi connectivity index (χ1v) is 8.81. The standard InChI is InChI=1S/C20H22BrNO3/c1-4-25-18-11-7-15(13-19(18)24-3)8-12-20(23)22(2)14-16-5-9-17(21)10-6-16/h5-13H,4,14H2,1-3H3/b12-8+. The number of carbonyl (C=O) groups excluding carboxylic acids is 1. The van der Waals surface area contributed by atoms with Crippen molar-refractivity contribution in [1.29, 1.82) is 0 Å². The van der Waals surface area contributed by atoms with Crippen LogP contribution in [0.4, 0.5) is 0 Å². The zero-order valence-corrected chi connectivity index (χ0v) is 16.2. The lowest BCUT2D eigenvalue weighted by atomic mass is 10.1. The maximum absolute atomic E-state index is 12.3. The van der Waals surface area contributed by atoms with Crippen molar-refractivity contribution in [3.63, 3.8) is 0 Å². The van der Waals surface area contributed by atoms with Crippen LogP contribution >= 0.6 is 15.9 Å². The van der Waals surface area contributed by atoms with Gasteiger partial charge in [0.25, 0.3) is 0 Å². The number of carbonyl (C=O) groups is 1. The molecule has 5 heteroatoms. The highest BCUT2D eigenvalue weighted by Crippen LogP contribution is 2.28. The Morgan fingerprint density at radius 1 is 1.16 bits per heavy atom. The molecule has 0 unspecified atom stereocenters. The molecule has 4 nitrogen and oxygen atoms in total. The molecule has 0 N–H and O–H groups in total. The van der Waals surface area contributed by atoms with Gasteiger partial charge in [-0.25, -0.2) is 0 Å². The van der Waals surface area contributed by atoms with Crippen molar-refractivity contribution in [2.24, 2.45) is 0 Å². The van der Waals surface area contributed by atoms with E-state index in [1.165, 1.54) is 0 Å². The number of rotatable bonds is 7. The van der Waals surface area contributed by atoms with Crippen LogP contribution in [0.3, 0.4) is 0 Å². The number of halogens is 1. The van der Waals surface area contributed by atoms with Crippen LogP contribution in [-0.4, -0.2) is 31.6 Å². The van der Waals surface area contributed by atoms with Crippen molar-refractivity contribution in [2.75, 3.05) is 20.8 Å². The van der Waals surface area contributed by atoms with Gasteiger partial charge in [-0.15, -0.1) is 0 Å². The molecule has 0 spiro atoms. The molecule has 2 aromatic rings. The molecule has 0 atom stereocenters. The monoisotopic (exact) mass is 403 g/mol. The second-order valence-corrected chi connectivity index (χ2v) is 6.41. The Hall–Kier alpha value is -2.27. The number of methoxy groups -OCH3 is 1. The summed E-state index contributed by atoms with van der Waals surface area (Å²) in [6, 6.07) is 13.5. The molecule has 2 aromatic carbocycles. The van der Waals surface area contributed by atoms with Crippen molar-refractivity contribution >= 4 is 27.9 Å². The molecule has 0 aliphatic rings. The van der Waals surface area contributed by atoms with Crippen molar-refractivity contribution in [3.8, 4) is 11.5 Å². The molecule has 0 fully saturated rings. The summed E-state index contributed by atoms with van der Waals surface area (Å²) in [4.78, 5) is 14.0. The Bertz CT molecular complexity index is 741. The van der Waals surface area contributed by atoms with E-state index in [1.54, 1.807) is 31.2 Å². The predicted molar refractivity (Wildman–Crippen MR) is 104 cm³/mol. The van der Waals surface area contributed by atoms with Gasteiger partial charge < -0.3 is 14.4 Å². The predicted octanol–water partition coefficient (Wildman–Crippen LogP) is 4.53. The minimum absolute atomic E-state index is 0.0595. The maximum Gasteiger partial charge on any atom is 0.246 e. The molecule has 2 rings (SSSR count). The van der Waals surface area contributed by atoms with E-state index >= 15 is 0 Å². The van der Waals surface area contributed by atoms with Crippen LogP contribution in [-0.2, 0) is 11.3 Å². The van der Waals surface area contributed by atoms with E-state index in [1.807, 2.05) is 49.4 Å². The van der Waals surface area contributed by atoms with E-state index in [4.69, 9.17) is 9.47 Å². The fourth-order valence-electron chi connectivity index (χ4n) is 2.30. The van der Waals surface area contributed by atoms with Crippen molar-refractivity contribution in [3.05, 3.63) is 64.1 Å². The molecule has 0 bridgehead atoms. The summed E-state index contributed by atoms with van der Waals surface area (Å²) in [5.41, 5.74) is 1.96. The minimum atomic E-state index is -0.0595. The summed E-state index contributed by atoms with van der Waals surface area (Å²) in [6.45, 7) is 3.06. The Balaban J connectivity index is 2.02. The van der Waals surface area contributed by atoms with Crippen molar-refractivity contribution in [1.82, 2.24) is 4.90 Å². The third-order valence-electron chi connectivity index (χ3n) is 3.62. The van der Waals surface area contributed by atoms with Crippen LogP contribution in [0.5, 0.6) is 11.5 Å². The largest absolute Gasteiger partial charge is 0.493 e. The van der Waals surface area contributed by atoms with Gasteiger partial charge in [-0.05, 0) is 48.4 Å². The number of benzene rings is 2. The molecule has 0 aliphatic heterocycles. The first kappa shape index (κ1) is 19.1. The number of likely N-dealkylation sites (N-methyl/N-ethyl adjacent to an activating group) is 1. The van der Waals surface area contributed by atoms with E-state index in [2.05, 4.69) is 15.9 Å².